The fraction of sp³-hybridized carbons (Fsp3) is 0.381. The maximum atomic E-state index is 12.4. The smallest absolute Gasteiger partial charge is 0.319 e. The molecule has 3 heterocycles. The van der Waals surface area contributed by atoms with Gasteiger partial charge in [-0.2, -0.15) is 0 Å². The number of pyridine rings is 1. The van der Waals surface area contributed by atoms with Gasteiger partial charge in [0.2, 0.25) is 5.91 Å². The van der Waals surface area contributed by atoms with E-state index in [1.807, 2.05) is 42.6 Å². The molecule has 1 aromatic heterocycles. The van der Waals surface area contributed by atoms with E-state index in [1.54, 1.807) is 4.90 Å². The van der Waals surface area contributed by atoms with E-state index in [1.165, 1.54) is 12.8 Å². The molecule has 7 heteroatoms. The van der Waals surface area contributed by atoms with Gasteiger partial charge in [-0.05, 0) is 43.0 Å². The molecule has 2 aliphatic heterocycles. The fourth-order valence-corrected chi connectivity index (χ4v) is 3.72. The molecule has 0 atom stereocenters. The lowest BCUT2D eigenvalue weighted by Gasteiger charge is -2.20. The third kappa shape index (κ3) is 4.08. The van der Waals surface area contributed by atoms with Crippen molar-refractivity contribution >= 4 is 29.1 Å². The molecule has 2 aliphatic rings. The zero-order valence-corrected chi connectivity index (χ0v) is 15.9. The van der Waals surface area contributed by atoms with Crippen LogP contribution in [0.5, 0.6) is 0 Å². The second-order valence-electron chi connectivity index (χ2n) is 7.19. The maximum absolute atomic E-state index is 12.4. The van der Waals surface area contributed by atoms with Crippen LogP contribution in [0, 0.1) is 0 Å². The van der Waals surface area contributed by atoms with E-state index in [2.05, 4.69) is 20.5 Å². The van der Waals surface area contributed by atoms with Crippen molar-refractivity contribution in [3.8, 4) is 0 Å². The quantitative estimate of drug-likeness (QED) is 0.837. The Labute approximate surface area is 164 Å². The third-order valence-corrected chi connectivity index (χ3v) is 5.21. The average molecular weight is 379 g/mol. The van der Waals surface area contributed by atoms with Crippen LogP contribution in [0.3, 0.4) is 0 Å². The van der Waals surface area contributed by atoms with Gasteiger partial charge in [-0.15, -0.1) is 0 Å². The van der Waals surface area contributed by atoms with Gasteiger partial charge in [0, 0.05) is 38.8 Å². The van der Waals surface area contributed by atoms with Crippen LogP contribution < -0.4 is 20.4 Å². The summed E-state index contributed by atoms with van der Waals surface area (Å²) in [5.74, 6) is 1.09. The lowest BCUT2D eigenvalue weighted by atomic mass is 10.2. The Kier molecular flexibility index (Phi) is 5.41. The monoisotopic (exact) mass is 379 g/mol. The Bertz CT molecular complexity index is 846. The Morgan fingerprint density at radius 3 is 2.57 bits per heavy atom. The first kappa shape index (κ1) is 18.3. The first-order chi connectivity index (χ1) is 13.7. The van der Waals surface area contributed by atoms with Crippen molar-refractivity contribution in [2.24, 2.45) is 0 Å². The molecule has 2 aromatic rings. The summed E-state index contributed by atoms with van der Waals surface area (Å²) in [6.45, 7) is 3.20. The molecular formula is C21H25N5O2. The molecule has 2 fully saturated rings. The van der Waals surface area contributed by atoms with Crippen molar-refractivity contribution in [3.05, 3.63) is 48.2 Å². The summed E-state index contributed by atoms with van der Waals surface area (Å²) >= 11 is 0. The molecule has 4 rings (SSSR count). The number of carbonyl (C=O) groups excluding carboxylic acids is 2. The minimum atomic E-state index is -0.303. The van der Waals surface area contributed by atoms with E-state index in [4.69, 9.17) is 0 Å². The molecule has 0 radical (unpaired) electrons. The zero-order chi connectivity index (χ0) is 19.3. The molecular weight excluding hydrogens is 354 g/mol. The Morgan fingerprint density at radius 2 is 1.86 bits per heavy atom. The van der Waals surface area contributed by atoms with E-state index in [-0.39, 0.29) is 11.9 Å². The van der Waals surface area contributed by atoms with Crippen LogP contribution in [0.1, 0.15) is 31.2 Å². The van der Waals surface area contributed by atoms with Crippen LogP contribution in [-0.2, 0) is 11.3 Å². The molecule has 3 amide bonds. The number of hydrogen-bond donors (Lipinski definition) is 2. The van der Waals surface area contributed by atoms with Gasteiger partial charge in [-0.25, -0.2) is 9.78 Å². The van der Waals surface area contributed by atoms with E-state index in [0.717, 1.165) is 36.6 Å². The van der Waals surface area contributed by atoms with Gasteiger partial charge in [0.25, 0.3) is 0 Å². The molecule has 0 unspecified atom stereocenters. The van der Waals surface area contributed by atoms with Gasteiger partial charge in [-0.3, -0.25) is 4.79 Å². The van der Waals surface area contributed by atoms with Crippen molar-refractivity contribution in [2.45, 2.75) is 32.2 Å². The number of para-hydroxylation sites is 2. The molecule has 0 spiro atoms. The van der Waals surface area contributed by atoms with Crippen LogP contribution in [0.2, 0.25) is 0 Å². The molecule has 0 saturated carbocycles. The van der Waals surface area contributed by atoms with Gasteiger partial charge in [0.15, 0.2) is 0 Å². The highest BCUT2D eigenvalue weighted by atomic mass is 16.2. The lowest BCUT2D eigenvalue weighted by Crippen LogP contribution is -2.30. The van der Waals surface area contributed by atoms with Crippen molar-refractivity contribution in [3.63, 3.8) is 0 Å². The van der Waals surface area contributed by atoms with Crippen LogP contribution in [0.15, 0.2) is 42.6 Å². The summed E-state index contributed by atoms with van der Waals surface area (Å²) in [5, 5.41) is 5.72. The molecule has 28 heavy (non-hydrogen) atoms. The summed E-state index contributed by atoms with van der Waals surface area (Å²) in [6.07, 6.45) is 5.65. The number of carbonyl (C=O) groups is 2. The maximum Gasteiger partial charge on any atom is 0.319 e. The number of hydrogen-bond acceptors (Lipinski definition) is 4. The first-order valence-electron chi connectivity index (χ1n) is 9.85. The highest BCUT2D eigenvalue weighted by molar-refractivity contribution is 6.01. The summed E-state index contributed by atoms with van der Waals surface area (Å²) < 4.78 is 0. The number of rotatable bonds is 5. The number of nitrogens with zero attached hydrogens (tertiary/aromatic N) is 3. The Morgan fingerprint density at radius 1 is 1.04 bits per heavy atom. The van der Waals surface area contributed by atoms with Crippen LogP contribution in [-0.4, -0.2) is 36.6 Å². The van der Waals surface area contributed by atoms with E-state index in [9.17, 15) is 9.59 Å². The predicted octanol–water partition coefficient (Wildman–Crippen LogP) is 3.13. The molecule has 0 bridgehead atoms. The van der Waals surface area contributed by atoms with Crippen LogP contribution >= 0.6 is 0 Å². The topological polar surface area (TPSA) is 77.6 Å². The average Bonchev–Trinajstić information content (AvgIpc) is 3.39. The molecule has 2 saturated heterocycles. The lowest BCUT2D eigenvalue weighted by molar-refractivity contribution is -0.117. The van der Waals surface area contributed by atoms with Crippen molar-refractivity contribution in [2.75, 3.05) is 34.8 Å². The van der Waals surface area contributed by atoms with E-state index in [0.29, 0.717) is 25.2 Å². The Balaban J connectivity index is 1.34. The standard InChI is InChI=1S/C21H25N5O2/c27-20-8-5-13-26(20)18-7-2-1-6-17(18)24-21(28)23-15-16-9-10-19(22-14-16)25-11-3-4-12-25/h1-2,6-7,9-10,14H,3-5,8,11-13,15H2,(H2,23,24,28). The van der Waals surface area contributed by atoms with Gasteiger partial charge in [-0.1, -0.05) is 18.2 Å². The second kappa shape index (κ2) is 8.29. The molecule has 2 N–H and O–H groups in total. The highest BCUT2D eigenvalue weighted by Crippen LogP contribution is 2.29. The summed E-state index contributed by atoms with van der Waals surface area (Å²) in [4.78, 5) is 32.9. The number of anilines is 3. The van der Waals surface area contributed by atoms with Gasteiger partial charge < -0.3 is 20.4 Å². The number of amides is 3. The predicted molar refractivity (Wildman–Crippen MR) is 110 cm³/mol. The van der Waals surface area contributed by atoms with Crippen molar-refractivity contribution in [1.82, 2.24) is 10.3 Å². The summed E-state index contributed by atoms with van der Waals surface area (Å²) in [7, 11) is 0. The Hall–Kier alpha value is -3.09. The second-order valence-corrected chi connectivity index (χ2v) is 7.19. The van der Waals surface area contributed by atoms with Gasteiger partial charge in [0.05, 0.1) is 11.4 Å². The molecule has 146 valence electrons. The number of aromatic nitrogens is 1. The highest BCUT2D eigenvalue weighted by Gasteiger charge is 2.24. The van der Waals surface area contributed by atoms with Crippen LogP contribution in [0.25, 0.3) is 0 Å². The third-order valence-electron chi connectivity index (χ3n) is 5.21. The largest absolute Gasteiger partial charge is 0.357 e. The summed E-state index contributed by atoms with van der Waals surface area (Å²) in [5.41, 5.74) is 2.33. The summed E-state index contributed by atoms with van der Waals surface area (Å²) in [6, 6.07) is 11.1. The number of nitrogens with one attached hydrogen (secondary N) is 2. The van der Waals surface area contributed by atoms with Crippen molar-refractivity contribution < 1.29 is 9.59 Å². The zero-order valence-electron chi connectivity index (χ0n) is 15.9. The molecule has 1 aromatic carbocycles. The van der Waals surface area contributed by atoms with E-state index < -0.39 is 0 Å². The van der Waals surface area contributed by atoms with Gasteiger partial charge >= 0.3 is 6.03 Å². The normalized spacial score (nSPS) is 16.5. The fourth-order valence-electron chi connectivity index (χ4n) is 3.72. The number of benzene rings is 1. The van der Waals surface area contributed by atoms with Crippen LogP contribution in [0.4, 0.5) is 22.0 Å². The van der Waals surface area contributed by atoms with Gasteiger partial charge in [0.1, 0.15) is 5.82 Å². The molecule has 7 nitrogen and oxygen atoms in total. The molecule has 0 aliphatic carbocycles. The van der Waals surface area contributed by atoms with Crippen molar-refractivity contribution in [1.29, 1.82) is 0 Å². The minimum Gasteiger partial charge on any atom is -0.357 e. The SMILES string of the molecule is O=C(NCc1ccc(N2CCCC2)nc1)Nc1ccccc1N1CCCC1=O. The van der Waals surface area contributed by atoms with E-state index >= 15 is 0 Å². The first-order valence-corrected chi connectivity index (χ1v) is 9.85. The number of urea groups is 1. The minimum absolute atomic E-state index is 0.0961.